The van der Waals surface area contributed by atoms with Crippen molar-refractivity contribution in [3.05, 3.63) is 41.1 Å². The minimum absolute atomic E-state index is 0.0658. The fourth-order valence-corrected chi connectivity index (χ4v) is 2.76. The molecular formula is C16H21N3OS. The number of hydrogen-bond donors (Lipinski definition) is 1. The van der Waals surface area contributed by atoms with E-state index in [1.165, 1.54) is 0 Å². The monoisotopic (exact) mass is 303 g/mol. The van der Waals surface area contributed by atoms with Crippen molar-refractivity contribution in [3.8, 4) is 0 Å². The van der Waals surface area contributed by atoms with Gasteiger partial charge in [0.05, 0.1) is 6.04 Å². The van der Waals surface area contributed by atoms with Gasteiger partial charge in [-0.1, -0.05) is 12.1 Å². The number of carbonyl (C=O) groups excluding carboxylic acids is 1. The number of ketones is 1. The molecule has 0 fully saturated rings. The Morgan fingerprint density at radius 2 is 1.86 bits per heavy atom. The molecule has 5 heteroatoms. The molecular weight excluding hydrogens is 282 g/mol. The van der Waals surface area contributed by atoms with Crippen LogP contribution >= 0.6 is 12.2 Å². The molecule has 21 heavy (non-hydrogen) atoms. The molecule has 0 aromatic heterocycles. The van der Waals surface area contributed by atoms with Crippen LogP contribution in [0.2, 0.25) is 0 Å². The molecule has 112 valence electrons. The van der Waals surface area contributed by atoms with E-state index in [4.69, 9.17) is 12.2 Å². The molecule has 1 N–H and O–H groups in total. The number of anilines is 1. The van der Waals surface area contributed by atoms with Gasteiger partial charge in [-0.15, -0.1) is 0 Å². The first-order valence-electron chi connectivity index (χ1n) is 6.86. The Bertz CT molecular complexity index is 604. The molecule has 1 atom stereocenters. The molecule has 2 rings (SSSR count). The van der Waals surface area contributed by atoms with Gasteiger partial charge in [-0.25, -0.2) is 0 Å². The number of thiocarbonyl (C=S) groups is 1. The normalized spacial score (nSPS) is 18.6. The topological polar surface area (TPSA) is 35.6 Å². The third-order valence-corrected chi connectivity index (χ3v) is 4.27. The van der Waals surface area contributed by atoms with Crippen molar-refractivity contribution >= 4 is 28.8 Å². The lowest BCUT2D eigenvalue weighted by Gasteiger charge is -2.35. The maximum absolute atomic E-state index is 12.0. The van der Waals surface area contributed by atoms with E-state index in [1.54, 1.807) is 6.92 Å². The van der Waals surface area contributed by atoms with Gasteiger partial charge in [0.1, 0.15) is 0 Å². The van der Waals surface area contributed by atoms with Crippen LogP contribution in [-0.4, -0.2) is 36.9 Å². The van der Waals surface area contributed by atoms with Crippen molar-refractivity contribution in [2.45, 2.75) is 19.9 Å². The smallest absolute Gasteiger partial charge is 0.173 e. The summed E-state index contributed by atoms with van der Waals surface area (Å²) in [4.78, 5) is 15.9. The molecule has 0 unspecified atom stereocenters. The highest BCUT2D eigenvalue weighted by atomic mass is 32.1. The predicted octanol–water partition coefficient (Wildman–Crippen LogP) is 2.48. The van der Waals surface area contributed by atoms with Crippen molar-refractivity contribution in [2.75, 3.05) is 26.0 Å². The molecule has 0 aliphatic carbocycles. The Morgan fingerprint density at radius 3 is 2.33 bits per heavy atom. The van der Waals surface area contributed by atoms with Crippen molar-refractivity contribution in [1.29, 1.82) is 0 Å². The van der Waals surface area contributed by atoms with E-state index in [0.29, 0.717) is 5.11 Å². The molecule has 1 aromatic carbocycles. The molecule has 0 spiro atoms. The second-order valence-electron chi connectivity index (χ2n) is 5.48. The highest BCUT2D eigenvalue weighted by molar-refractivity contribution is 7.80. The second-order valence-corrected chi connectivity index (χ2v) is 5.87. The van der Waals surface area contributed by atoms with E-state index in [-0.39, 0.29) is 11.8 Å². The molecule has 0 bridgehead atoms. The van der Waals surface area contributed by atoms with Gasteiger partial charge < -0.3 is 15.1 Å². The number of allylic oxidation sites excluding steroid dienone is 1. The van der Waals surface area contributed by atoms with Crippen molar-refractivity contribution < 1.29 is 4.79 Å². The Balaban J connectivity index is 2.45. The zero-order valence-corrected chi connectivity index (χ0v) is 13.9. The SMILES string of the molecule is CC(=O)C1=C(C)N(C)C(=S)N[C@@H]1c1ccc(N(C)C)cc1. The van der Waals surface area contributed by atoms with E-state index in [2.05, 4.69) is 5.32 Å². The molecule has 0 radical (unpaired) electrons. The Hall–Kier alpha value is -1.88. The standard InChI is InChI=1S/C16H21N3OS/c1-10-14(11(2)20)15(17-16(21)19(10)5)12-6-8-13(9-7-12)18(3)4/h6-9,15H,1-5H3,(H,17,21)/t15-/m1/s1. The maximum atomic E-state index is 12.0. The first-order chi connectivity index (χ1) is 9.82. The average Bonchev–Trinajstić information content (AvgIpc) is 2.44. The molecule has 0 saturated heterocycles. The zero-order chi connectivity index (χ0) is 15.7. The summed E-state index contributed by atoms with van der Waals surface area (Å²) >= 11 is 5.35. The number of Topliss-reactive ketones (excluding diaryl/α,β-unsaturated/α-hetero) is 1. The molecule has 0 amide bonds. The minimum Gasteiger partial charge on any atom is -0.378 e. The van der Waals surface area contributed by atoms with Gasteiger partial charge in [0.15, 0.2) is 10.9 Å². The summed E-state index contributed by atoms with van der Waals surface area (Å²) in [6.45, 7) is 3.54. The molecule has 1 heterocycles. The largest absolute Gasteiger partial charge is 0.378 e. The van der Waals surface area contributed by atoms with Crippen LogP contribution in [0.1, 0.15) is 25.5 Å². The molecule has 1 aliphatic rings. The molecule has 4 nitrogen and oxygen atoms in total. The fraction of sp³-hybridized carbons (Fsp3) is 0.375. The van der Waals surface area contributed by atoms with Crippen molar-refractivity contribution in [2.24, 2.45) is 0 Å². The number of carbonyl (C=O) groups is 1. The van der Waals surface area contributed by atoms with Crippen LogP contribution in [0.3, 0.4) is 0 Å². The van der Waals surface area contributed by atoms with Gasteiger partial charge in [0.25, 0.3) is 0 Å². The first-order valence-corrected chi connectivity index (χ1v) is 7.27. The van der Waals surface area contributed by atoms with E-state index < -0.39 is 0 Å². The summed E-state index contributed by atoms with van der Waals surface area (Å²) in [5, 5.41) is 3.90. The van der Waals surface area contributed by atoms with Crippen LogP contribution < -0.4 is 10.2 Å². The van der Waals surface area contributed by atoms with E-state index in [9.17, 15) is 4.79 Å². The van der Waals surface area contributed by atoms with Crippen molar-refractivity contribution in [1.82, 2.24) is 10.2 Å². The van der Waals surface area contributed by atoms with Crippen LogP contribution in [0.25, 0.3) is 0 Å². The van der Waals surface area contributed by atoms with Crippen LogP contribution in [0.5, 0.6) is 0 Å². The summed E-state index contributed by atoms with van der Waals surface area (Å²) in [6, 6.07) is 7.99. The summed E-state index contributed by atoms with van der Waals surface area (Å²) in [5.74, 6) is 0.0658. The Labute approximate surface area is 131 Å². The first kappa shape index (κ1) is 15.5. The van der Waals surface area contributed by atoms with Gasteiger partial charge in [-0.3, -0.25) is 4.79 Å². The van der Waals surface area contributed by atoms with Crippen LogP contribution in [0, 0.1) is 0 Å². The minimum atomic E-state index is -0.178. The lowest BCUT2D eigenvalue weighted by atomic mass is 9.92. The quantitative estimate of drug-likeness (QED) is 0.868. The summed E-state index contributed by atoms with van der Waals surface area (Å²) in [7, 11) is 5.88. The maximum Gasteiger partial charge on any atom is 0.173 e. The summed E-state index contributed by atoms with van der Waals surface area (Å²) in [6.07, 6.45) is 0. The van der Waals surface area contributed by atoms with Gasteiger partial charge in [-0.05, 0) is 43.8 Å². The number of rotatable bonds is 3. The lowest BCUT2D eigenvalue weighted by Crippen LogP contribution is -2.45. The van der Waals surface area contributed by atoms with Gasteiger partial charge in [0, 0.05) is 38.1 Å². The van der Waals surface area contributed by atoms with Gasteiger partial charge in [-0.2, -0.15) is 0 Å². The zero-order valence-electron chi connectivity index (χ0n) is 13.1. The predicted molar refractivity (Wildman–Crippen MR) is 90.4 cm³/mol. The number of nitrogens with zero attached hydrogens (tertiary/aromatic N) is 2. The summed E-state index contributed by atoms with van der Waals surface area (Å²) in [5.41, 5.74) is 3.84. The van der Waals surface area contributed by atoms with E-state index in [0.717, 1.165) is 22.5 Å². The van der Waals surface area contributed by atoms with Gasteiger partial charge >= 0.3 is 0 Å². The van der Waals surface area contributed by atoms with Crippen LogP contribution in [0.15, 0.2) is 35.5 Å². The number of benzene rings is 1. The van der Waals surface area contributed by atoms with Crippen LogP contribution in [0.4, 0.5) is 5.69 Å². The second kappa shape index (κ2) is 5.85. The van der Waals surface area contributed by atoms with E-state index in [1.807, 2.05) is 62.1 Å². The average molecular weight is 303 g/mol. The lowest BCUT2D eigenvalue weighted by molar-refractivity contribution is -0.114. The summed E-state index contributed by atoms with van der Waals surface area (Å²) < 4.78 is 0. The van der Waals surface area contributed by atoms with E-state index >= 15 is 0 Å². The molecule has 1 aliphatic heterocycles. The highest BCUT2D eigenvalue weighted by Gasteiger charge is 2.30. The Morgan fingerprint density at radius 1 is 1.29 bits per heavy atom. The molecule has 1 aromatic rings. The fourth-order valence-electron chi connectivity index (χ4n) is 2.51. The number of hydrogen-bond acceptors (Lipinski definition) is 3. The van der Waals surface area contributed by atoms with Crippen LogP contribution in [-0.2, 0) is 4.79 Å². The third kappa shape index (κ3) is 2.93. The van der Waals surface area contributed by atoms with Crippen molar-refractivity contribution in [3.63, 3.8) is 0 Å². The molecule has 0 saturated carbocycles. The highest BCUT2D eigenvalue weighted by Crippen LogP contribution is 2.31. The third-order valence-electron chi connectivity index (χ3n) is 3.88. The Kier molecular flexibility index (Phi) is 4.32. The van der Waals surface area contributed by atoms with Gasteiger partial charge in [0.2, 0.25) is 0 Å². The number of nitrogens with one attached hydrogen (secondary N) is 1.